The second kappa shape index (κ2) is 5.60. The Labute approximate surface area is 115 Å². The van der Waals surface area contributed by atoms with E-state index in [0.29, 0.717) is 5.69 Å². The van der Waals surface area contributed by atoms with Crippen LogP contribution < -0.4 is 21.1 Å². The molecule has 0 saturated carbocycles. The molecule has 0 radical (unpaired) electrons. The molecule has 1 fully saturated rings. The van der Waals surface area contributed by atoms with Gasteiger partial charge >= 0.3 is 0 Å². The quantitative estimate of drug-likeness (QED) is 0.524. The number of amides is 3. The number of carbonyl (C=O) groups excluding carboxylic acids is 3. The van der Waals surface area contributed by atoms with Gasteiger partial charge in [-0.1, -0.05) is 6.07 Å². The van der Waals surface area contributed by atoms with E-state index in [0.717, 1.165) is 0 Å². The van der Waals surface area contributed by atoms with Crippen molar-refractivity contribution in [2.24, 2.45) is 0 Å². The maximum absolute atomic E-state index is 12.2. The Balaban J connectivity index is 2.15. The Kier molecular flexibility index (Phi) is 3.88. The number of para-hydroxylation sites is 1. The number of hydrogen-bond acceptors (Lipinski definition) is 5. The summed E-state index contributed by atoms with van der Waals surface area (Å²) < 4.78 is 5.09. The minimum atomic E-state index is -0.730. The third kappa shape index (κ3) is 2.71. The smallest absolute Gasteiger partial charge is 0.255 e. The van der Waals surface area contributed by atoms with E-state index < -0.39 is 17.9 Å². The maximum Gasteiger partial charge on any atom is 0.255 e. The highest BCUT2D eigenvalue weighted by atomic mass is 16.5. The largest absolute Gasteiger partial charge is 0.494 e. The summed E-state index contributed by atoms with van der Waals surface area (Å²) in [5.41, 5.74) is 6.30. The molecule has 1 heterocycles. The molecular weight excluding hydrogens is 262 g/mol. The lowest BCUT2D eigenvalue weighted by molar-refractivity contribution is -0.134. The minimum Gasteiger partial charge on any atom is -0.494 e. The zero-order chi connectivity index (χ0) is 14.7. The zero-order valence-corrected chi connectivity index (χ0v) is 10.9. The van der Waals surface area contributed by atoms with Gasteiger partial charge in [0.25, 0.3) is 5.91 Å². The van der Waals surface area contributed by atoms with E-state index in [1.807, 2.05) is 0 Å². The number of benzene rings is 1. The monoisotopic (exact) mass is 277 g/mol. The van der Waals surface area contributed by atoms with Crippen molar-refractivity contribution in [1.29, 1.82) is 0 Å². The molecule has 3 amide bonds. The fourth-order valence-corrected chi connectivity index (χ4v) is 2.03. The van der Waals surface area contributed by atoms with E-state index in [-0.39, 0.29) is 30.1 Å². The molecule has 20 heavy (non-hydrogen) atoms. The first-order valence-electron chi connectivity index (χ1n) is 6.10. The molecule has 2 rings (SSSR count). The summed E-state index contributed by atoms with van der Waals surface area (Å²) in [6, 6.07) is 4.06. The third-order valence-corrected chi connectivity index (χ3v) is 3.04. The number of nitrogens with one attached hydrogen (secondary N) is 2. The number of carbonyl (C=O) groups is 3. The zero-order valence-electron chi connectivity index (χ0n) is 10.9. The minimum absolute atomic E-state index is 0.199. The van der Waals surface area contributed by atoms with Crippen molar-refractivity contribution in [2.75, 3.05) is 12.8 Å². The van der Waals surface area contributed by atoms with E-state index in [4.69, 9.17) is 10.5 Å². The average Bonchev–Trinajstić information content (AvgIpc) is 2.41. The second-order valence-corrected chi connectivity index (χ2v) is 4.41. The van der Waals surface area contributed by atoms with Gasteiger partial charge in [-0.25, -0.2) is 0 Å². The van der Waals surface area contributed by atoms with Crippen LogP contribution in [0.1, 0.15) is 23.2 Å². The van der Waals surface area contributed by atoms with Crippen molar-refractivity contribution in [3.63, 3.8) is 0 Å². The van der Waals surface area contributed by atoms with E-state index in [1.54, 1.807) is 18.2 Å². The number of ether oxygens (including phenoxy) is 1. The number of imide groups is 1. The average molecular weight is 277 g/mol. The molecule has 1 atom stereocenters. The van der Waals surface area contributed by atoms with E-state index in [1.165, 1.54) is 7.11 Å². The number of rotatable bonds is 3. The normalized spacial score (nSPS) is 18.4. The molecule has 0 bridgehead atoms. The number of anilines is 1. The topological polar surface area (TPSA) is 111 Å². The molecule has 1 aliphatic rings. The van der Waals surface area contributed by atoms with Crippen LogP contribution in [0.25, 0.3) is 0 Å². The lowest BCUT2D eigenvalue weighted by Gasteiger charge is -2.22. The standard InChI is InChI=1S/C13H15N3O4/c1-20-11-7(3-2-4-8(11)14)12(18)15-9-5-6-10(17)16-13(9)19/h2-4,9H,5-6,14H2,1H3,(H,15,18)(H,16,17,19). The van der Waals surface area contributed by atoms with Gasteiger partial charge in [-0.05, 0) is 18.6 Å². The SMILES string of the molecule is COc1c(N)cccc1C(=O)NC1CCC(=O)NC1=O. The Hall–Kier alpha value is -2.57. The van der Waals surface area contributed by atoms with Gasteiger partial charge in [0.1, 0.15) is 6.04 Å². The molecule has 106 valence electrons. The fourth-order valence-electron chi connectivity index (χ4n) is 2.03. The molecule has 7 nitrogen and oxygen atoms in total. The van der Waals surface area contributed by atoms with Crippen molar-refractivity contribution in [2.45, 2.75) is 18.9 Å². The van der Waals surface area contributed by atoms with Crippen LogP contribution in [0.15, 0.2) is 18.2 Å². The van der Waals surface area contributed by atoms with Gasteiger partial charge in [-0.15, -0.1) is 0 Å². The van der Waals surface area contributed by atoms with Gasteiger partial charge in [-0.3, -0.25) is 19.7 Å². The maximum atomic E-state index is 12.2. The summed E-state index contributed by atoms with van der Waals surface area (Å²) in [7, 11) is 1.41. The predicted molar refractivity (Wildman–Crippen MR) is 71.0 cm³/mol. The molecule has 0 aliphatic carbocycles. The van der Waals surface area contributed by atoms with Gasteiger partial charge in [0.05, 0.1) is 18.4 Å². The Morgan fingerprint density at radius 1 is 1.45 bits per heavy atom. The molecule has 1 saturated heterocycles. The first kappa shape index (κ1) is 13.9. The Morgan fingerprint density at radius 2 is 2.20 bits per heavy atom. The van der Waals surface area contributed by atoms with Gasteiger partial charge in [0, 0.05) is 6.42 Å². The molecule has 1 unspecified atom stereocenters. The van der Waals surface area contributed by atoms with Crippen LogP contribution in [-0.4, -0.2) is 30.9 Å². The van der Waals surface area contributed by atoms with Crippen LogP contribution >= 0.6 is 0 Å². The molecule has 1 aliphatic heterocycles. The molecule has 7 heteroatoms. The van der Waals surface area contributed by atoms with Crippen molar-refractivity contribution >= 4 is 23.4 Å². The second-order valence-electron chi connectivity index (χ2n) is 4.41. The van der Waals surface area contributed by atoms with Gasteiger partial charge < -0.3 is 15.8 Å². The molecule has 1 aromatic carbocycles. The summed E-state index contributed by atoms with van der Waals surface area (Å²) in [6.07, 6.45) is 0.478. The number of piperidine rings is 1. The van der Waals surface area contributed by atoms with Crippen molar-refractivity contribution < 1.29 is 19.1 Å². The summed E-state index contributed by atoms with van der Waals surface area (Å²) in [6.45, 7) is 0. The van der Waals surface area contributed by atoms with Crippen LogP contribution in [0.5, 0.6) is 5.75 Å². The van der Waals surface area contributed by atoms with Crippen LogP contribution in [0.2, 0.25) is 0 Å². The first-order chi connectivity index (χ1) is 9.52. The third-order valence-electron chi connectivity index (χ3n) is 3.04. The van der Waals surface area contributed by atoms with E-state index >= 15 is 0 Å². The number of nitrogens with two attached hydrogens (primary N) is 1. The summed E-state index contributed by atoms with van der Waals surface area (Å²) >= 11 is 0. The van der Waals surface area contributed by atoms with Gasteiger partial charge in [0.2, 0.25) is 11.8 Å². The molecule has 4 N–H and O–H groups in total. The number of nitrogen functional groups attached to an aromatic ring is 1. The van der Waals surface area contributed by atoms with Crippen molar-refractivity contribution in [3.8, 4) is 5.75 Å². The van der Waals surface area contributed by atoms with Crippen molar-refractivity contribution in [1.82, 2.24) is 10.6 Å². The van der Waals surface area contributed by atoms with E-state index in [2.05, 4.69) is 10.6 Å². The van der Waals surface area contributed by atoms with Crippen LogP contribution in [-0.2, 0) is 9.59 Å². The summed E-state index contributed by atoms with van der Waals surface area (Å²) in [5.74, 6) is -1.04. The Bertz CT molecular complexity index is 571. The highest BCUT2D eigenvalue weighted by Crippen LogP contribution is 2.25. The number of hydrogen-bond donors (Lipinski definition) is 3. The Morgan fingerprint density at radius 3 is 2.85 bits per heavy atom. The van der Waals surface area contributed by atoms with Crippen molar-refractivity contribution in [3.05, 3.63) is 23.8 Å². The van der Waals surface area contributed by atoms with E-state index in [9.17, 15) is 14.4 Å². The van der Waals surface area contributed by atoms with Gasteiger partial charge in [0.15, 0.2) is 5.75 Å². The lowest BCUT2D eigenvalue weighted by atomic mass is 10.1. The molecule has 1 aromatic rings. The predicted octanol–water partition coefficient (Wildman–Crippen LogP) is -0.188. The van der Waals surface area contributed by atoms with Crippen LogP contribution in [0.4, 0.5) is 5.69 Å². The van der Waals surface area contributed by atoms with Crippen LogP contribution in [0, 0.1) is 0 Å². The first-order valence-corrected chi connectivity index (χ1v) is 6.10. The molecular formula is C13H15N3O4. The highest BCUT2D eigenvalue weighted by molar-refractivity contribution is 6.05. The summed E-state index contributed by atoms with van der Waals surface area (Å²) in [4.78, 5) is 34.8. The summed E-state index contributed by atoms with van der Waals surface area (Å²) in [5, 5.41) is 4.75. The van der Waals surface area contributed by atoms with Gasteiger partial charge in [-0.2, -0.15) is 0 Å². The van der Waals surface area contributed by atoms with Crippen LogP contribution in [0.3, 0.4) is 0 Å². The molecule has 0 spiro atoms. The molecule has 0 aromatic heterocycles. The lowest BCUT2D eigenvalue weighted by Crippen LogP contribution is -2.52. The number of methoxy groups -OCH3 is 1. The fraction of sp³-hybridized carbons (Fsp3) is 0.308. The highest BCUT2D eigenvalue weighted by Gasteiger charge is 2.28.